The molecular weight excluding hydrogens is 390 g/mol. The fourth-order valence-electron chi connectivity index (χ4n) is 2.87. The minimum atomic E-state index is -0.0987. The standard InChI is InChI=1S/C21H23N3O2S2/c1-4-11-24-20(26)17-10-12-27-19(17)23-21(24)28-13-18(25)22-14(3)16-8-6-15(5-2)7-9-16/h4,6-10,12,14H,1,5,11,13H2,2-3H3,(H,22,25). The van der Waals surface area contributed by atoms with E-state index >= 15 is 0 Å². The van der Waals surface area contributed by atoms with Gasteiger partial charge in [-0.15, -0.1) is 17.9 Å². The van der Waals surface area contributed by atoms with Crippen molar-refractivity contribution in [3.05, 3.63) is 69.8 Å². The number of aryl methyl sites for hydroxylation is 1. The number of allylic oxidation sites excluding steroid dienone is 1. The van der Waals surface area contributed by atoms with Gasteiger partial charge in [0, 0.05) is 6.54 Å². The third-order valence-electron chi connectivity index (χ3n) is 4.46. The summed E-state index contributed by atoms with van der Waals surface area (Å²) in [5.41, 5.74) is 2.24. The summed E-state index contributed by atoms with van der Waals surface area (Å²) in [7, 11) is 0. The van der Waals surface area contributed by atoms with Crippen molar-refractivity contribution in [1.82, 2.24) is 14.9 Å². The average Bonchev–Trinajstić information content (AvgIpc) is 3.17. The molecule has 28 heavy (non-hydrogen) atoms. The molecule has 1 amide bonds. The number of hydrogen-bond donors (Lipinski definition) is 1. The topological polar surface area (TPSA) is 64.0 Å². The summed E-state index contributed by atoms with van der Waals surface area (Å²) in [6.45, 7) is 8.16. The van der Waals surface area contributed by atoms with Crippen molar-refractivity contribution in [3.63, 3.8) is 0 Å². The van der Waals surface area contributed by atoms with E-state index in [-0.39, 0.29) is 23.3 Å². The molecule has 0 aliphatic carbocycles. The molecule has 2 aromatic heterocycles. The Balaban J connectivity index is 1.69. The summed E-state index contributed by atoms with van der Waals surface area (Å²) < 4.78 is 1.56. The number of thiophene rings is 1. The molecule has 0 aliphatic rings. The molecule has 1 unspecified atom stereocenters. The van der Waals surface area contributed by atoms with Crippen molar-refractivity contribution >= 4 is 39.2 Å². The number of aromatic nitrogens is 2. The molecule has 0 radical (unpaired) electrons. The fraction of sp³-hybridized carbons (Fsp3) is 0.286. The van der Waals surface area contributed by atoms with Gasteiger partial charge >= 0.3 is 0 Å². The highest BCUT2D eigenvalue weighted by Gasteiger charge is 2.15. The van der Waals surface area contributed by atoms with Gasteiger partial charge in [0.05, 0.1) is 17.2 Å². The maximum absolute atomic E-state index is 12.6. The van der Waals surface area contributed by atoms with Crippen LogP contribution < -0.4 is 10.9 Å². The number of fused-ring (bicyclic) bond motifs is 1. The average molecular weight is 414 g/mol. The lowest BCUT2D eigenvalue weighted by Crippen LogP contribution is -2.29. The number of amides is 1. The molecule has 0 spiro atoms. The molecule has 0 saturated heterocycles. The maximum atomic E-state index is 12.6. The summed E-state index contributed by atoms with van der Waals surface area (Å²) in [5, 5.41) is 6.00. The molecule has 3 rings (SSSR count). The maximum Gasteiger partial charge on any atom is 0.263 e. The van der Waals surface area contributed by atoms with E-state index in [0.29, 0.717) is 21.9 Å². The summed E-state index contributed by atoms with van der Waals surface area (Å²) in [4.78, 5) is 30.3. The lowest BCUT2D eigenvalue weighted by atomic mass is 10.1. The van der Waals surface area contributed by atoms with E-state index in [1.807, 2.05) is 24.4 Å². The number of nitrogens with one attached hydrogen (secondary N) is 1. The molecule has 1 N–H and O–H groups in total. The number of nitrogens with zero attached hydrogens (tertiary/aromatic N) is 2. The molecule has 3 aromatic rings. The Morgan fingerprint density at radius 1 is 1.36 bits per heavy atom. The predicted molar refractivity (Wildman–Crippen MR) is 117 cm³/mol. The number of carbonyl (C=O) groups excluding carboxylic acids is 1. The highest BCUT2D eigenvalue weighted by molar-refractivity contribution is 7.99. The Morgan fingerprint density at radius 3 is 2.79 bits per heavy atom. The first-order valence-corrected chi connectivity index (χ1v) is 11.0. The van der Waals surface area contributed by atoms with Gasteiger partial charge in [0.15, 0.2) is 5.16 Å². The smallest absolute Gasteiger partial charge is 0.263 e. The van der Waals surface area contributed by atoms with Crippen LogP contribution in [0.4, 0.5) is 0 Å². The zero-order chi connectivity index (χ0) is 20.1. The highest BCUT2D eigenvalue weighted by atomic mass is 32.2. The van der Waals surface area contributed by atoms with Crippen molar-refractivity contribution in [3.8, 4) is 0 Å². The van der Waals surface area contributed by atoms with E-state index in [2.05, 4.69) is 35.9 Å². The predicted octanol–water partition coefficient (Wildman–Crippen LogP) is 4.18. The second kappa shape index (κ2) is 9.21. The highest BCUT2D eigenvalue weighted by Crippen LogP contribution is 2.21. The molecule has 1 atom stereocenters. The fourth-order valence-corrected chi connectivity index (χ4v) is 4.49. The van der Waals surface area contributed by atoms with E-state index in [4.69, 9.17) is 0 Å². The summed E-state index contributed by atoms with van der Waals surface area (Å²) in [5.74, 6) is 0.0976. The first-order chi connectivity index (χ1) is 13.5. The van der Waals surface area contributed by atoms with Crippen LogP contribution in [-0.2, 0) is 17.8 Å². The normalized spacial score (nSPS) is 12.1. The van der Waals surface area contributed by atoms with Crippen LogP contribution in [0.25, 0.3) is 10.2 Å². The number of benzene rings is 1. The Hall–Kier alpha value is -2.38. The van der Waals surface area contributed by atoms with Gasteiger partial charge in [-0.25, -0.2) is 4.98 Å². The van der Waals surface area contributed by atoms with Crippen LogP contribution in [0.5, 0.6) is 0 Å². The molecular formula is C21H23N3O2S2. The second-order valence-electron chi connectivity index (χ2n) is 6.41. The first kappa shape index (κ1) is 20.4. The molecule has 0 saturated carbocycles. The zero-order valence-corrected chi connectivity index (χ0v) is 17.6. The van der Waals surface area contributed by atoms with Gasteiger partial charge in [0.2, 0.25) is 5.91 Å². The van der Waals surface area contributed by atoms with Crippen LogP contribution in [0, 0.1) is 0 Å². The molecule has 0 fully saturated rings. The lowest BCUT2D eigenvalue weighted by molar-refractivity contribution is -0.119. The minimum Gasteiger partial charge on any atom is -0.349 e. The van der Waals surface area contributed by atoms with Crippen molar-refractivity contribution in [2.75, 3.05) is 5.75 Å². The third kappa shape index (κ3) is 4.54. The summed E-state index contributed by atoms with van der Waals surface area (Å²) in [6, 6.07) is 9.96. The SMILES string of the molecule is C=CCn1c(SCC(=O)NC(C)c2ccc(CC)cc2)nc2sccc2c1=O. The van der Waals surface area contributed by atoms with Crippen molar-refractivity contribution < 1.29 is 4.79 Å². The number of thioether (sulfide) groups is 1. The molecule has 2 heterocycles. The molecule has 5 nitrogen and oxygen atoms in total. The van der Waals surface area contributed by atoms with Crippen molar-refractivity contribution in [2.24, 2.45) is 0 Å². The van der Waals surface area contributed by atoms with Crippen LogP contribution >= 0.6 is 23.1 Å². The van der Waals surface area contributed by atoms with Crippen LogP contribution in [0.3, 0.4) is 0 Å². The Morgan fingerprint density at radius 2 is 2.11 bits per heavy atom. The monoisotopic (exact) mass is 413 g/mol. The molecule has 0 bridgehead atoms. The van der Waals surface area contributed by atoms with Gasteiger partial charge in [-0.1, -0.05) is 49.0 Å². The van der Waals surface area contributed by atoms with Crippen LogP contribution in [-0.4, -0.2) is 21.2 Å². The molecule has 7 heteroatoms. The van der Waals surface area contributed by atoms with Gasteiger partial charge < -0.3 is 5.32 Å². The van der Waals surface area contributed by atoms with E-state index < -0.39 is 0 Å². The summed E-state index contributed by atoms with van der Waals surface area (Å²) in [6.07, 6.45) is 2.65. The Bertz CT molecular complexity index is 1040. The number of carbonyl (C=O) groups is 1. The minimum absolute atomic E-state index is 0.0814. The Kier molecular flexibility index (Phi) is 6.70. The van der Waals surface area contributed by atoms with E-state index in [1.165, 1.54) is 28.7 Å². The molecule has 146 valence electrons. The van der Waals surface area contributed by atoms with Gasteiger partial charge in [-0.05, 0) is 35.9 Å². The number of hydrogen-bond acceptors (Lipinski definition) is 5. The quantitative estimate of drug-likeness (QED) is 0.342. The summed E-state index contributed by atoms with van der Waals surface area (Å²) >= 11 is 2.69. The van der Waals surface area contributed by atoms with Gasteiger partial charge in [-0.2, -0.15) is 0 Å². The second-order valence-corrected chi connectivity index (χ2v) is 8.25. The van der Waals surface area contributed by atoms with Crippen LogP contribution in [0.2, 0.25) is 0 Å². The van der Waals surface area contributed by atoms with Crippen molar-refractivity contribution in [2.45, 2.75) is 38.0 Å². The van der Waals surface area contributed by atoms with Crippen molar-refractivity contribution in [1.29, 1.82) is 0 Å². The van der Waals surface area contributed by atoms with E-state index in [0.717, 1.165) is 12.0 Å². The number of rotatable bonds is 8. The van der Waals surface area contributed by atoms with Gasteiger partial charge in [-0.3, -0.25) is 14.2 Å². The zero-order valence-electron chi connectivity index (χ0n) is 16.0. The van der Waals surface area contributed by atoms with Gasteiger partial charge in [0.25, 0.3) is 5.56 Å². The largest absolute Gasteiger partial charge is 0.349 e. The van der Waals surface area contributed by atoms with E-state index in [1.54, 1.807) is 16.7 Å². The molecule has 1 aromatic carbocycles. The first-order valence-electron chi connectivity index (χ1n) is 9.13. The lowest BCUT2D eigenvalue weighted by Gasteiger charge is -2.15. The third-order valence-corrected chi connectivity index (χ3v) is 6.24. The van der Waals surface area contributed by atoms with Gasteiger partial charge in [0.1, 0.15) is 4.83 Å². The van der Waals surface area contributed by atoms with Crippen LogP contribution in [0.15, 0.2) is 58.3 Å². The van der Waals surface area contributed by atoms with E-state index in [9.17, 15) is 9.59 Å². The molecule has 0 aliphatic heterocycles. The Labute approximate surface area is 172 Å². The van der Waals surface area contributed by atoms with Crippen LogP contribution in [0.1, 0.15) is 31.0 Å².